The van der Waals surface area contributed by atoms with Gasteiger partial charge in [-0.25, -0.2) is 0 Å². The van der Waals surface area contributed by atoms with Gasteiger partial charge < -0.3 is 4.98 Å². The Bertz CT molecular complexity index is 788. The fraction of sp³-hybridized carbons (Fsp3) is 0.176. The minimum absolute atomic E-state index is 0.182. The second kappa shape index (κ2) is 6.10. The molecule has 3 nitrogen and oxygen atoms in total. The molecule has 0 fully saturated rings. The van der Waals surface area contributed by atoms with E-state index in [-0.39, 0.29) is 16.9 Å². The van der Waals surface area contributed by atoms with Gasteiger partial charge in [0.2, 0.25) is 0 Å². The van der Waals surface area contributed by atoms with E-state index in [2.05, 4.69) is 4.98 Å². The summed E-state index contributed by atoms with van der Waals surface area (Å²) in [5.74, 6) is -0.284. The van der Waals surface area contributed by atoms with Gasteiger partial charge in [-0.15, -0.1) is 0 Å². The fourth-order valence-electron chi connectivity index (χ4n) is 2.22. The van der Waals surface area contributed by atoms with E-state index in [1.165, 1.54) is 0 Å². The number of hydrogen-bond donors (Lipinski definition) is 1. The van der Waals surface area contributed by atoms with Crippen LogP contribution < -0.4 is 5.56 Å². The molecule has 0 bridgehead atoms. The van der Waals surface area contributed by atoms with Gasteiger partial charge in [0.15, 0.2) is 5.78 Å². The number of Topliss-reactive ketones (excluding diaryl/α,β-unsaturated/α-hetero) is 1. The van der Waals surface area contributed by atoms with Crippen LogP contribution in [-0.4, -0.2) is 10.8 Å². The summed E-state index contributed by atoms with van der Waals surface area (Å²) in [6, 6.07) is 9.04. The number of aromatic nitrogens is 1. The lowest BCUT2D eigenvalue weighted by Crippen LogP contribution is -2.21. The summed E-state index contributed by atoms with van der Waals surface area (Å²) >= 11 is 6.08. The summed E-state index contributed by atoms with van der Waals surface area (Å²) in [6.45, 7) is 5.23. The molecule has 1 heterocycles. The Morgan fingerprint density at radius 2 is 1.90 bits per heavy atom. The second-order valence-corrected chi connectivity index (χ2v) is 5.42. The van der Waals surface area contributed by atoms with Crippen molar-refractivity contribution < 1.29 is 4.79 Å². The molecule has 2 aromatic rings. The van der Waals surface area contributed by atoms with Gasteiger partial charge in [-0.1, -0.05) is 29.8 Å². The maximum absolute atomic E-state index is 12.5. The van der Waals surface area contributed by atoms with Crippen LogP contribution in [0.25, 0.3) is 6.08 Å². The molecule has 0 aliphatic rings. The first kappa shape index (κ1) is 15.3. The number of carbonyl (C=O) groups is 1. The lowest BCUT2D eigenvalue weighted by molar-refractivity contribution is 0.103. The number of carbonyl (C=O) groups excluding carboxylic acids is 1. The van der Waals surface area contributed by atoms with E-state index in [0.29, 0.717) is 16.2 Å². The van der Waals surface area contributed by atoms with Gasteiger partial charge in [0.05, 0.1) is 5.56 Å². The van der Waals surface area contributed by atoms with Crippen LogP contribution in [0.3, 0.4) is 0 Å². The fourth-order valence-corrected chi connectivity index (χ4v) is 2.41. The van der Waals surface area contributed by atoms with Crippen molar-refractivity contribution in [2.75, 3.05) is 0 Å². The molecule has 21 heavy (non-hydrogen) atoms. The van der Waals surface area contributed by atoms with E-state index in [1.54, 1.807) is 39.0 Å². The van der Waals surface area contributed by atoms with Gasteiger partial charge in [-0.2, -0.15) is 0 Å². The first-order chi connectivity index (χ1) is 9.90. The van der Waals surface area contributed by atoms with Crippen LogP contribution >= 0.6 is 11.6 Å². The molecule has 0 saturated heterocycles. The second-order valence-electron chi connectivity index (χ2n) is 5.02. The Labute approximate surface area is 128 Å². The van der Waals surface area contributed by atoms with Crippen LogP contribution in [0.15, 0.2) is 40.7 Å². The van der Waals surface area contributed by atoms with E-state index in [0.717, 1.165) is 11.3 Å². The highest BCUT2D eigenvalue weighted by atomic mass is 35.5. The van der Waals surface area contributed by atoms with Crippen LogP contribution in [0, 0.1) is 13.8 Å². The standard InChI is InChI=1S/C17H16ClNO2/c1-10-8-12(3)19-17(21)15(10)16(20)11(2)9-13-6-4-5-7-14(13)18/h4-9H,1-3H3,(H,19,21)/b11-9+. The smallest absolute Gasteiger partial charge is 0.259 e. The van der Waals surface area contributed by atoms with E-state index in [1.807, 2.05) is 18.2 Å². The van der Waals surface area contributed by atoms with Gasteiger partial charge in [-0.05, 0) is 55.7 Å². The number of aryl methyl sites for hydroxylation is 2. The highest BCUT2D eigenvalue weighted by Gasteiger charge is 2.16. The molecule has 4 heteroatoms. The molecule has 1 aromatic carbocycles. The lowest BCUT2D eigenvalue weighted by atomic mass is 9.99. The van der Waals surface area contributed by atoms with E-state index in [9.17, 15) is 9.59 Å². The minimum atomic E-state index is -0.357. The predicted molar refractivity (Wildman–Crippen MR) is 86.0 cm³/mol. The van der Waals surface area contributed by atoms with Crippen molar-refractivity contribution in [3.63, 3.8) is 0 Å². The Kier molecular flexibility index (Phi) is 4.43. The number of rotatable bonds is 3. The lowest BCUT2D eigenvalue weighted by Gasteiger charge is -2.06. The number of hydrogen-bond acceptors (Lipinski definition) is 2. The number of H-pyrrole nitrogens is 1. The molecule has 0 atom stereocenters. The number of ketones is 1. The van der Waals surface area contributed by atoms with Gasteiger partial charge in [0.1, 0.15) is 0 Å². The molecule has 0 radical (unpaired) electrons. The Balaban J connectivity index is 2.46. The van der Waals surface area contributed by atoms with Crippen molar-refractivity contribution >= 4 is 23.5 Å². The monoisotopic (exact) mass is 301 g/mol. The third kappa shape index (κ3) is 3.31. The average Bonchev–Trinajstić information content (AvgIpc) is 2.40. The van der Waals surface area contributed by atoms with Crippen molar-refractivity contribution in [1.82, 2.24) is 4.98 Å². The zero-order valence-corrected chi connectivity index (χ0v) is 12.9. The summed E-state index contributed by atoms with van der Waals surface area (Å²) in [7, 11) is 0. The van der Waals surface area contributed by atoms with Gasteiger partial charge in [0.25, 0.3) is 5.56 Å². The Morgan fingerprint density at radius 3 is 2.52 bits per heavy atom. The molecule has 108 valence electrons. The average molecular weight is 302 g/mol. The maximum atomic E-state index is 12.5. The molecule has 0 amide bonds. The van der Waals surface area contributed by atoms with E-state index in [4.69, 9.17) is 11.6 Å². The number of halogens is 1. The van der Waals surface area contributed by atoms with Gasteiger partial charge in [-0.3, -0.25) is 9.59 Å². The molecule has 1 aromatic heterocycles. The molecule has 0 spiro atoms. The highest BCUT2D eigenvalue weighted by Crippen LogP contribution is 2.19. The van der Waals surface area contributed by atoms with E-state index >= 15 is 0 Å². The first-order valence-corrected chi connectivity index (χ1v) is 6.96. The number of nitrogens with one attached hydrogen (secondary N) is 1. The van der Waals surface area contributed by atoms with Crippen molar-refractivity contribution in [3.05, 3.63) is 73.7 Å². The molecule has 2 rings (SSSR count). The molecule has 1 N–H and O–H groups in total. The minimum Gasteiger partial charge on any atom is -0.326 e. The summed E-state index contributed by atoms with van der Waals surface area (Å²) in [4.78, 5) is 27.1. The predicted octanol–water partition coefficient (Wildman–Crippen LogP) is 3.93. The van der Waals surface area contributed by atoms with Crippen molar-refractivity contribution in [3.8, 4) is 0 Å². The Morgan fingerprint density at radius 1 is 1.24 bits per heavy atom. The maximum Gasteiger partial charge on any atom is 0.259 e. The molecular formula is C17H16ClNO2. The number of allylic oxidation sites excluding steroid dienone is 1. The number of pyridine rings is 1. The van der Waals surface area contributed by atoms with Crippen molar-refractivity contribution in [2.24, 2.45) is 0 Å². The largest absolute Gasteiger partial charge is 0.326 e. The first-order valence-electron chi connectivity index (χ1n) is 6.58. The van der Waals surface area contributed by atoms with Crippen molar-refractivity contribution in [1.29, 1.82) is 0 Å². The van der Waals surface area contributed by atoms with Gasteiger partial charge in [0, 0.05) is 10.7 Å². The molecule has 0 aliphatic heterocycles. The van der Waals surface area contributed by atoms with Crippen LogP contribution in [0.1, 0.15) is 34.1 Å². The molecule has 0 aliphatic carbocycles. The highest BCUT2D eigenvalue weighted by molar-refractivity contribution is 6.32. The third-order valence-electron chi connectivity index (χ3n) is 3.23. The van der Waals surface area contributed by atoms with E-state index < -0.39 is 0 Å². The summed E-state index contributed by atoms with van der Waals surface area (Å²) in [5.41, 5.74) is 2.47. The number of benzene rings is 1. The summed E-state index contributed by atoms with van der Waals surface area (Å²) in [6.07, 6.45) is 1.70. The SMILES string of the molecule is C/C(=C\c1ccccc1Cl)C(=O)c1c(C)cc(C)[nH]c1=O. The van der Waals surface area contributed by atoms with Crippen molar-refractivity contribution in [2.45, 2.75) is 20.8 Å². The topological polar surface area (TPSA) is 49.9 Å². The molecule has 0 saturated carbocycles. The zero-order valence-electron chi connectivity index (χ0n) is 12.2. The normalized spacial score (nSPS) is 11.5. The zero-order chi connectivity index (χ0) is 15.6. The van der Waals surface area contributed by atoms with Crippen LogP contribution in [0.4, 0.5) is 0 Å². The summed E-state index contributed by atoms with van der Waals surface area (Å²) < 4.78 is 0. The molecular weight excluding hydrogens is 286 g/mol. The van der Waals surface area contributed by atoms with Crippen LogP contribution in [0.2, 0.25) is 5.02 Å². The molecule has 0 unspecified atom stereocenters. The van der Waals surface area contributed by atoms with Crippen LogP contribution in [-0.2, 0) is 0 Å². The third-order valence-corrected chi connectivity index (χ3v) is 3.57. The van der Waals surface area contributed by atoms with Crippen LogP contribution in [0.5, 0.6) is 0 Å². The van der Waals surface area contributed by atoms with Gasteiger partial charge >= 0.3 is 0 Å². The quantitative estimate of drug-likeness (QED) is 0.690. The summed E-state index contributed by atoms with van der Waals surface area (Å²) in [5, 5.41) is 0.569. The Hall–Kier alpha value is -2.13. The number of aromatic amines is 1.